The van der Waals surface area contributed by atoms with Gasteiger partial charge in [0.25, 0.3) is 5.91 Å². The van der Waals surface area contributed by atoms with Gasteiger partial charge in [0, 0.05) is 10.6 Å². The maximum Gasteiger partial charge on any atom is 0.274 e. The number of carbonyl (C=O) groups is 1. The summed E-state index contributed by atoms with van der Waals surface area (Å²) in [5.74, 6) is -0.567. The highest BCUT2D eigenvalue weighted by molar-refractivity contribution is 9.10. The Balaban J connectivity index is 1.74. The molecule has 0 aliphatic rings. The highest BCUT2D eigenvalue weighted by Crippen LogP contribution is 2.37. The van der Waals surface area contributed by atoms with Gasteiger partial charge in [0.15, 0.2) is 11.5 Å². The van der Waals surface area contributed by atoms with Crippen LogP contribution in [0.2, 0.25) is 5.02 Å². The third-order valence-electron chi connectivity index (χ3n) is 4.38. The molecule has 0 saturated carbocycles. The molecule has 6 nitrogen and oxygen atoms in total. The van der Waals surface area contributed by atoms with Crippen LogP contribution in [0.4, 0.5) is 4.39 Å². The topological polar surface area (TPSA) is 83.7 Å². The number of halogens is 3. The number of ether oxygens (including phenoxy) is 2. The minimum Gasteiger partial charge on any atom is -0.490 e. The van der Waals surface area contributed by atoms with Crippen molar-refractivity contribution in [2.75, 3.05) is 6.61 Å². The van der Waals surface area contributed by atoms with Crippen LogP contribution in [0.1, 0.15) is 34.0 Å². The normalized spacial score (nSPS) is 10.6. The number of nitriles is 1. The molecule has 0 unspecified atom stereocenters. The van der Waals surface area contributed by atoms with Crippen molar-refractivity contribution >= 4 is 39.7 Å². The molecule has 0 radical (unpaired) electrons. The highest BCUT2D eigenvalue weighted by atomic mass is 79.9. The summed E-state index contributed by atoms with van der Waals surface area (Å²) in [6, 6.07) is 16.2. The number of rotatable bonds is 8. The van der Waals surface area contributed by atoms with Gasteiger partial charge in [-0.05, 0) is 64.8 Å². The Labute approximate surface area is 203 Å². The molecule has 168 valence electrons. The Morgan fingerprint density at radius 2 is 2.03 bits per heavy atom. The molecule has 0 saturated heterocycles. The Bertz CT molecular complexity index is 1240. The molecule has 9 heteroatoms. The Kier molecular flexibility index (Phi) is 8.41. The number of hydrogen-bond donors (Lipinski definition) is 1. The van der Waals surface area contributed by atoms with Crippen molar-refractivity contribution in [2.45, 2.75) is 13.5 Å². The van der Waals surface area contributed by atoms with Crippen LogP contribution in [-0.2, 0) is 6.61 Å². The molecule has 0 spiro atoms. The van der Waals surface area contributed by atoms with Crippen LogP contribution in [0.5, 0.6) is 11.5 Å². The van der Waals surface area contributed by atoms with Gasteiger partial charge in [-0.3, -0.25) is 4.79 Å². The fourth-order valence-electron chi connectivity index (χ4n) is 2.83. The fourth-order valence-corrected chi connectivity index (χ4v) is 3.59. The molecule has 0 fully saturated rings. The summed E-state index contributed by atoms with van der Waals surface area (Å²) in [6.45, 7) is 2.50. The Hall–Kier alpha value is -3.41. The van der Waals surface area contributed by atoms with Crippen LogP contribution in [0.25, 0.3) is 0 Å². The summed E-state index contributed by atoms with van der Waals surface area (Å²) >= 11 is 9.67. The lowest BCUT2D eigenvalue weighted by atomic mass is 10.1. The van der Waals surface area contributed by atoms with Crippen molar-refractivity contribution < 1.29 is 18.7 Å². The van der Waals surface area contributed by atoms with Crippen LogP contribution in [0, 0.1) is 17.1 Å². The van der Waals surface area contributed by atoms with Gasteiger partial charge < -0.3 is 9.47 Å². The molecule has 0 aliphatic heterocycles. The van der Waals surface area contributed by atoms with Crippen molar-refractivity contribution in [3.63, 3.8) is 0 Å². The van der Waals surface area contributed by atoms with E-state index in [0.29, 0.717) is 33.2 Å². The number of hydrogen-bond acceptors (Lipinski definition) is 5. The predicted molar refractivity (Wildman–Crippen MR) is 127 cm³/mol. The van der Waals surface area contributed by atoms with Gasteiger partial charge >= 0.3 is 0 Å². The molecule has 33 heavy (non-hydrogen) atoms. The standard InChI is InChI=1S/C24H18BrClFN3O3/c1-2-32-22-11-16(9-19(25)23(22)33-14-17-5-3-4-6-20(17)26)13-29-30-24(31)18-8-7-15(12-28)10-21(18)27/h3-11,13H,2,14H2,1H3,(H,30,31)/b29-13-. The number of amides is 1. The number of nitrogens with zero attached hydrogens (tertiary/aromatic N) is 2. The second-order valence-electron chi connectivity index (χ2n) is 6.65. The van der Waals surface area contributed by atoms with Crippen molar-refractivity contribution in [2.24, 2.45) is 5.10 Å². The molecule has 0 atom stereocenters. The molecule has 0 aliphatic carbocycles. The summed E-state index contributed by atoms with van der Waals surface area (Å²) in [5.41, 5.74) is 3.61. The van der Waals surface area contributed by atoms with E-state index in [1.165, 1.54) is 18.3 Å². The fraction of sp³-hybridized carbons (Fsp3) is 0.125. The summed E-state index contributed by atoms with van der Waals surface area (Å²) in [5, 5.41) is 13.3. The third-order valence-corrected chi connectivity index (χ3v) is 5.34. The summed E-state index contributed by atoms with van der Waals surface area (Å²) in [7, 11) is 0. The van der Waals surface area contributed by atoms with Gasteiger partial charge in [0.05, 0.1) is 34.5 Å². The molecule has 3 aromatic rings. The van der Waals surface area contributed by atoms with Crippen molar-refractivity contribution in [1.29, 1.82) is 5.26 Å². The monoisotopic (exact) mass is 529 g/mol. The average molecular weight is 531 g/mol. The van der Waals surface area contributed by atoms with E-state index in [-0.39, 0.29) is 17.7 Å². The van der Waals surface area contributed by atoms with E-state index in [0.717, 1.165) is 11.6 Å². The second kappa shape index (κ2) is 11.5. The van der Waals surface area contributed by atoms with Gasteiger partial charge in [-0.15, -0.1) is 0 Å². The summed E-state index contributed by atoms with van der Waals surface area (Å²) < 4.78 is 26.2. The molecular weight excluding hydrogens is 513 g/mol. The van der Waals surface area contributed by atoms with Gasteiger partial charge in [0.1, 0.15) is 12.4 Å². The van der Waals surface area contributed by atoms with E-state index in [1.54, 1.807) is 18.2 Å². The quantitative estimate of drug-likeness (QED) is 0.292. The molecule has 3 rings (SSSR count). The Morgan fingerprint density at radius 1 is 1.24 bits per heavy atom. The van der Waals surface area contributed by atoms with Crippen LogP contribution >= 0.6 is 27.5 Å². The molecule has 0 heterocycles. The first-order valence-electron chi connectivity index (χ1n) is 9.78. The Morgan fingerprint density at radius 3 is 2.73 bits per heavy atom. The molecular formula is C24H18BrClFN3O3. The molecule has 1 N–H and O–H groups in total. The smallest absolute Gasteiger partial charge is 0.274 e. The van der Waals surface area contributed by atoms with E-state index < -0.39 is 11.7 Å². The molecule has 1 amide bonds. The minimum atomic E-state index is -0.803. The van der Waals surface area contributed by atoms with Gasteiger partial charge in [-0.25, -0.2) is 9.82 Å². The van der Waals surface area contributed by atoms with E-state index in [4.69, 9.17) is 26.3 Å². The first-order chi connectivity index (χ1) is 15.9. The highest BCUT2D eigenvalue weighted by Gasteiger charge is 2.14. The van der Waals surface area contributed by atoms with Crippen LogP contribution in [0.3, 0.4) is 0 Å². The van der Waals surface area contributed by atoms with E-state index >= 15 is 0 Å². The maximum absolute atomic E-state index is 14.0. The number of hydrazone groups is 1. The van der Waals surface area contributed by atoms with Gasteiger partial charge in [-0.2, -0.15) is 10.4 Å². The number of carbonyl (C=O) groups excluding carboxylic acids is 1. The van der Waals surface area contributed by atoms with Crippen molar-refractivity contribution in [3.05, 3.63) is 92.2 Å². The van der Waals surface area contributed by atoms with E-state index in [1.807, 2.05) is 31.2 Å². The average Bonchev–Trinajstić information content (AvgIpc) is 2.79. The maximum atomic E-state index is 14.0. The molecule has 0 bridgehead atoms. The first kappa shape index (κ1) is 24.2. The molecule has 0 aromatic heterocycles. The van der Waals surface area contributed by atoms with E-state index in [2.05, 4.69) is 26.5 Å². The zero-order valence-corrected chi connectivity index (χ0v) is 19.8. The second-order valence-corrected chi connectivity index (χ2v) is 7.91. The zero-order chi connectivity index (χ0) is 23.8. The van der Waals surface area contributed by atoms with Gasteiger partial charge in [-0.1, -0.05) is 29.8 Å². The van der Waals surface area contributed by atoms with Crippen LogP contribution in [0.15, 0.2) is 64.2 Å². The third kappa shape index (κ3) is 6.31. The van der Waals surface area contributed by atoms with E-state index in [9.17, 15) is 9.18 Å². The SMILES string of the molecule is CCOc1cc(/C=N\NC(=O)c2ccc(C#N)cc2F)cc(Br)c1OCc1ccccc1Cl. The minimum absolute atomic E-state index is 0.123. The van der Waals surface area contributed by atoms with Crippen LogP contribution in [-0.4, -0.2) is 18.7 Å². The lowest BCUT2D eigenvalue weighted by Crippen LogP contribution is -2.19. The summed E-state index contributed by atoms with van der Waals surface area (Å²) in [4.78, 5) is 12.2. The molecule has 3 aromatic carbocycles. The zero-order valence-electron chi connectivity index (χ0n) is 17.4. The van der Waals surface area contributed by atoms with Gasteiger partial charge in [0.2, 0.25) is 0 Å². The summed E-state index contributed by atoms with van der Waals surface area (Å²) in [6.07, 6.45) is 1.39. The number of nitrogens with one attached hydrogen (secondary N) is 1. The predicted octanol–water partition coefficient (Wildman–Crippen LogP) is 5.85. The largest absolute Gasteiger partial charge is 0.490 e. The van der Waals surface area contributed by atoms with Crippen molar-refractivity contribution in [3.8, 4) is 17.6 Å². The number of benzene rings is 3. The first-order valence-corrected chi connectivity index (χ1v) is 11.0. The lowest BCUT2D eigenvalue weighted by molar-refractivity contribution is 0.0951. The van der Waals surface area contributed by atoms with Crippen molar-refractivity contribution in [1.82, 2.24) is 5.43 Å². The van der Waals surface area contributed by atoms with Crippen LogP contribution < -0.4 is 14.9 Å². The lowest BCUT2D eigenvalue weighted by Gasteiger charge is -2.15.